The summed E-state index contributed by atoms with van der Waals surface area (Å²) in [5, 5.41) is 2.27. The van der Waals surface area contributed by atoms with Crippen molar-refractivity contribution in [1.29, 1.82) is 0 Å². The van der Waals surface area contributed by atoms with Gasteiger partial charge < -0.3 is 4.74 Å². The molecule has 0 bridgehead atoms. The number of benzene rings is 3. The molecule has 4 nitrogen and oxygen atoms in total. The lowest BCUT2D eigenvalue weighted by molar-refractivity contribution is -0.274. The summed E-state index contributed by atoms with van der Waals surface area (Å²) in [6, 6.07) is 14.0. The quantitative estimate of drug-likeness (QED) is 0.367. The summed E-state index contributed by atoms with van der Waals surface area (Å²) in [5.74, 6) is -3.62. The summed E-state index contributed by atoms with van der Waals surface area (Å²) >= 11 is 0.837. The molecule has 0 atom stereocenters. The zero-order valence-corrected chi connectivity index (χ0v) is 16.2. The largest absolute Gasteiger partial charge is 0.573 e. The molecule has 1 amide bonds. The number of nitrogens with one attached hydrogen (secondary N) is 1. The molecule has 1 heterocycles. The first-order chi connectivity index (χ1) is 14.7. The molecule has 0 spiro atoms. The molecule has 4 aromatic rings. The lowest BCUT2D eigenvalue weighted by Gasteiger charge is -2.09. The fourth-order valence-electron chi connectivity index (χ4n) is 2.92. The lowest BCUT2D eigenvalue weighted by Crippen LogP contribution is -2.16. The average Bonchev–Trinajstić information content (AvgIpc) is 3.09. The molecule has 10 heteroatoms. The number of alkyl halides is 3. The number of amides is 1. The minimum absolute atomic E-state index is 0.0342. The topological polar surface area (TPSA) is 51.2 Å². The highest BCUT2D eigenvalue weighted by Crippen LogP contribution is 2.32. The van der Waals surface area contributed by atoms with Crippen LogP contribution in [0.5, 0.6) is 5.75 Å². The van der Waals surface area contributed by atoms with Gasteiger partial charge in [-0.2, -0.15) is 0 Å². The third-order valence-electron chi connectivity index (χ3n) is 4.22. The Morgan fingerprint density at radius 2 is 1.74 bits per heavy atom. The van der Waals surface area contributed by atoms with Crippen molar-refractivity contribution >= 4 is 32.6 Å². The Labute approximate surface area is 175 Å². The fourth-order valence-corrected chi connectivity index (χ4v) is 3.81. The average molecular weight is 450 g/mol. The highest BCUT2D eigenvalue weighted by Gasteiger charge is 2.31. The molecule has 0 radical (unpaired) electrons. The molecular weight excluding hydrogens is 439 g/mol. The number of hydrogen-bond acceptors (Lipinski definition) is 4. The van der Waals surface area contributed by atoms with Crippen molar-refractivity contribution in [2.75, 3.05) is 5.32 Å². The van der Waals surface area contributed by atoms with Gasteiger partial charge in [0.2, 0.25) is 0 Å². The van der Waals surface area contributed by atoms with Crippen LogP contribution in [-0.4, -0.2) is 17.3 Å². The molecule has 31 heavy (non-hydrogen) atoms. The monoisotopic (exact) mass is 450 g/mol. The van der Waals surface area contributed by atoms with E-state index in [2.05, 4.69) is 15.0 Å². The Bertz CT molecular complexity index is 1270. The Kier molecular flexibility index (Phi) is 5.32. The molecule has 4 rings (SSSR count). The number of anilines is 1. The number of nitrogens with zero attached hydrogens (tertiary/aromatic N) is 1. The number of ether oxygens (including phenoxy) is 1. The van der Waals surface area contributed by atoms with E-state index in [0.29, 0.717) is 5.56 Å². The minimum Gasteiger partial charge on any atom is -0.406 e. The van der Waals surface area contributed by atoms with Gasteiger partial charge in [-0.05, 0) is 29.8 Å². The Balaban J connectivity index is 1.63. The zero-order chi connectivity index (χ0) is 22.2. The Morgan fingerprint density at radius 1 is 1.00 bits per heavy atom. The van der Waals surface area contributed by atoms with Crippen LogP contribution >= 0.6 is 11.3 Å². The molecule has 3 aromatic carbocycles. The van der Waals surface area contributed by atoms with Crippen molar-refractivity contribution in [3.05, 3.63) is 77.9 Å². The normalized spacial score (nSPS) is 11.5. The summed E-state index contributed by atoms with van der Waals surface area (Å²) in [4.78, 5) is 16.6. The van der Waals surface area contributed by atoms with Gasteiger partial charge in [0, 0.05) is 11.6 Å². The smallest absolute Gasteiger partial charge is 0.406 e. The van der Waals surface area contributed by atoms with E-state index in [-0.39, 0.29) is 20.9 Å². The van der Waals surface area contributed by atoms with Crippen molar-refractivity contribution < 1.29 is 31.5 Å². The molecule has 0 saturated carbocycles. The van der Waals surface area contributed by atoms with E-state index in [9.17, 15) is 26.7 Å². The van der Waals surface area contributed by atoms with Crippen molar-refractivity contribution in [3.8, 4) is 16.9 Å². The van der Waals surface area contributed by atoms with Crippen LogP contribution in [0.4, 0.5) is 27.1 Å². The van der Waals surface area contributed by atoms with E-state index in [1.807, 2.05) is 0 Å². The second-order valence-electron chi connectivity index (χ2n) is 6.30. The SMILES string of the molecule is O=C(Nc1nc2ccc(OC(F)(F)F)cc2s1)c1c(F)ccc(-c2ccccc2)c1F. The standard InChI is InChI=1S/C21H11F5N2O2S/c22-14-8-7-13(11-4-2-1-3-5-11)18(23)17(14)19(29)28-20-27-15-9-6-12(10-16(15)31-20)30-21(24,25)26/h1-10H,(H,27,28,29). The maximum absolute atomic E-state index is 14.9. The maximum atomic E-state index is 14.9. The molecule has 1 N–H and O–H groups in total. The van der Waals surface area contributed by atoms with E-state index in [4.69, 9.17) is 0 Å². The predicted molar refractivity (Wildman–Crippen MR) is 106 cm³/mol. The van der Waals surface area contributed by atoms with Crippen molar-refractivity contribution in [3.63, 3.8) is 0 Å². The van der Waals surface area contributed by atoms with Gasteiger partial charge in [0.25, 0.3) is 5.91 Å². The molecule has 0 saturated heterocycles. The van der Waals surface area contributed by atoms with E-state index >= 15 is 0 Å². The van der Waals surface area contributed by atoms with Crippen LogP contribution in [-0.2, 0) is 0 Å². The summed E-state index contributed by atoms with van der Waals surface area (Å²) in [5.41, 5.74) is 0.00660. The van der Waals surface area contributed by atoms with E-state index in [0.717, 1.165) is 29.5 Å². The number of aromatic nitrogens is 1. The molecule has 0 aliphatic heterocycles. The van der Waals surface area contributed by atoms with Crippen LogP contribution in [0.3, 0.4) is 0 Å². The fraction of sp³-hybridized carbons (Fsp3) is 0.0476. The number of carbonyl (C=O) groups is 1. The predicted octanol–water partition coefficient (Wildman–Crippen LogP) is 6.39. The van der Waals surface area contributed by atoms with Crippen molar-refractivity contribution in [2.45, 2.75) is 6.36 Å². The van der Waals surface area contributed by atoms with E-state index < -0.39 is 35.2 Å². The van der Waals surface area contributed by atoms with Gasteiger partial charge in [-0.15, -0.1) is 13.2 Å². The summed E-state index contributed by atoms with van der Waals surface area (Å²) < 4.78 is 70.5. The Hall–Kier alpha value is -3.53. The molecule has 158 valence electrons. The van der Waals surface area contributed by atoms with Crippen molar-refractivity contribution in [1.82, 2.24) is 4.98 Å². The summed E-state index contributed by atoms with van der Waals surface area (Å²) in [6.45, 7) is 0. The Morgan fingerprint density at radius 3 is 2.45 bits per heavy atom. The number of hydrogen-bond donors (Lipinski definition) is 1. The number of fused-ring (bicyclic) bond motifs is 1. The molecule has 0 fully saturated rings. The van der Waals surface area contributed by atoms with Crippen LogP contribution in [0.2, 0.25) is 0 Å². The van der Waals surface area contributed by atoms with Crippen LogP contribution < -0.4 is 10.1 Å². The number of carbonyl (C=O) groups excluding carboxylic acids is 1. The van der Waals surface area contributed by atoms with Crippen LogP contribution in [0, 0.1) is 11.6 Å². The first-order valence-corrected chi connectivity index (χ1v) is 9.54. The summed E-state index contributed by atoms with van der Waals surface area (Å²) in [6.07, 6.45) is -4.85. The number of halogens is 5. The maximum Gasteiger partial charge on any atom is 0.573 e. The zero-order valence-electron chi connectivity index (χ0n) is 15.3. The third-order valence-corrected chi connectivity index (χ3v) is 5.15. The first-order valence-electron chi connectivity index (χ1n) is 8.72. The van der Waals surface area contributed by atoms with Gasteiger partial charge in [0.15, 0.2) is 5.13 Å². The second-order valence-corrected chi connectivity index (χ2v) is 7.33. The molecule has 0 aliphatic rings. The molecular formula is C21H11F5N2O2S. The van der Waals surface area contributed by atoms with Gasteiger partial charge >= 0.3 is 6.36 Å². The minimum atomic E-state index is -4.85. The van der Waals surface area contributed by atoms with Crippen molar-refractivity contribution in [2.24, 2.45) is 0 Å². The van der Waals surface area contributed by atoms with Gasteiger partial charge in [-0.25, -0.2) is 13.8 Å². The molecule has 0 unspecified atom stereocenters. The second kappa shape index (κ2) is 7.95. The first kappa shape index (κ1) is 20.7. The molecule has 1 aromatic heterocycles. The highest BCUT2D eigenvalue weighted by atomic mass is 32.1. The van der Waals surface area contributed by atoms with Crippen LogP contribution in [0.25, 0.3) is 21.3 Å². The molecule has 0 aliphatic carbocycles. The lowest BCUT2D eigenvalue weighted by atomic mass is 10.0. The van der Waals surface area contributed by atoms with Gasteiger partial charge in [0.1, 0.15) is 22.9 Å². The number of thiazole rings is 1. The van der Waals surface area contributed by atoms with Crippen LogP contribution in [0.15, 0.2) is 60.7 Å². The van der Waals surface area contributed by atoms with Gasteiger partial charge in [-0.3, -0.25) is 10.1 Å². The van der Waals surface area contributed by atoms with Gasteiger partial charge in [0.05, 0.1) is 10.2 Å². The highest BCUT2D eigenvalue weighted by molar-refractivity contribution is 7.22. The third kappa shape index (κ3) is 4.48. The number of rotatable bonds is 4. The van der Waals surface area contributed by atoms with E-state index in [1.165, 1.54) is 12.1 Å². The summed E-state index contributed by atoms with van der Waals surface area (Å²) in [7, 11) is 0. The van der Waals surface area contributed by atoms with Gasteiger partial charge in [-0.1, -0.05) is 41.7 Å². The van der Waals surface area contributed by atoms with Crippen LogP contribution in [0.1, 0.15) is 10.4 Å². The van der Waals surface area contributed by atoms with E-state index in [1.54, 1.807) is 30.3 Å².